The van der Waals surface area contributed by atoms with E-state index in [2.05, 4.69) is 5.32 Å². The van der Waals surface area contributed by atoms with Crippen molar-refractivity contribution in [3.63, 3.8) is 0 Å². The molecule has 0 saturated carbocycles. The maximum absolute atomic E-state index is 12.7. The lowest BCUT2D eigenvalue weighted by atomic mass is 10.1. The molecule has 0 bridgehead atoms. The number of benzene rings is 1. The Kier molecular flexibility index (Phi) is 2.65. The number of ether oxygens (including phenoxy) is 1. The zero-order chi connectivity index (χ0) is 9.97. The van der Waals surface area contributed by atoms with Crippen LogP contribution in [0.3, 0.4) is 0 Å². The van der Waals surface area contributed by atoms with E-state index in [0.717, 1.165) is 12.6 Å². The number of aromatic hydroxyl groups is 1. The smallest absolute Gasteiger partial charge is 0.126 e. The molecule has 14 heavy (non-hydrogen) atoms. The number of hydrogen-bond acceptors (Lipinski definition) is 3. The van der Waals surface area contributed by atoms with Gasteiger partial charge in [0.15, 0.2) is 0 Å². The zero-order valence-corrected chi connectivity index (χ0v) is 7.66. The van der Waals surface area contributed by atoms with E-state index >= 15 is 0 Å². The molecule has 1 atom stereocenters. The molecule has 1 aromatic carbocycles. The number of hydrogen-bond donors (Lipinski definition) is 2. The summed E-state index contributed by atoms with van der Waals surface area (Å²) in [7, 11) is 0. The van der Waals surface area contributed by atoms with Gasteiger partial charge >= 0.3 is 0 Å². The van der Waals surface area contributed by atoms with Crippen molar-refractivity contribution in [2.75, 3.05) is 19.8 Å². The number of phenols is 1. The van der Waals surface area contributed by atoms with Crippen molar-refractivity contribution in [2.24, 2.45) is 0 Å². The Morgan fingerprint density at radius 3 is 3.00 bits per heavy atom. The van der Waals surface area contributed by atoms with Crippen LogP contribution in [0.2, 0.25) is 0 Å². The monoisotopic (exact) mass is 197 g/mol. The highest BCUT2D eigenvalue weighted by Crippen LogP contribution is 2.26. The van der Waals surface area contributed by atoms with Crippen LogP contribution in [0.15, 0.2) is 18.2 Å². The maximum Gasteiger partial charge on any atom is 0.126 e. The van der Waals surface area contributed by atoms with Gasteiger partial charge in [-0.05, 0) is 6.07 Å². The molecule has 1 aromatic rings. The summed E-state index contributed by atoms with van der Waals surface area (Å²) in [4.78, 5) is 0. The summed E-state index contributed by atoms with van der Waals surface area (Å²) in [6, 6.07) is 4.00. The molecule has 1 fully saturated rings. The molecule has 1 heterocycles. The Labute approximate surface area is 81.5 Å². The molecule has 1 unspecified atom stereocenters. The first-order valence-electron chi connectivity index (χ1n) is 4.57. The first-order valence-corrected chi connectivity index (χ1v) is 4.57. The highest BCUT2D eigenvalue weighted by atomic mass is 19.1. The fourth-order valence-corrected chi connectivity index (χ4v) is 1.58. The van der Waals surface area contributed by atoms with Gasteiger partial charge in [-0.15, -0.1) is 0 Å². The van der Waals surface area contributed by atoms with Crippen LogP contribution in [0.4, 0.5) is 4.39 Å². The molecule has 0 aliphatic carbocycles. The van der Waals surface area contributed by atoms with Gasteiger partial charge in [0.1, 0.15) is 11.6 Å². The van der Waals surface area contributed by atoms with Crippen molar-refractivity contribution in [2.45, 2.75) is 6.04 Å². The first-order chi connectivity index (χ1) is 6.77. The van der Waals surface area contributed by atoms with Gasteiger partial charge in [-0.25, -0.2) is 4.39 Å². The highest BCUT2D eigenvalue weighted by molar-refractivity contribution is 5.35. The summed E-state index contributed by atoms with van der Waals surface area (Å²) in [5.41, 5.74) is 0.686. The molecule has 2 rings (SSSR count). The lowest BCUT2D eigenvalue weighted by Crippen LogP contribution is -2.34. The average Bonchev–Trinajstić information content (AvgIpc) is 2.19. The highest BCUT2D eigenvalue weighted by Gasteiger charge is 2.18. The molecule has 1 aliphatic heterocycles. The largest absolute Gasteiger partial charge is 0.508 e. The summed E-state index contributed by atoms with van der Waals surface area (Å²) in [6.45, 7) is 1.94. The van der Waals surface area contributed by atoms with Gasteiger partial charge in [-0.2, -0.15) is 0 Å². The summed E-state index contributed by atoms with van der Waals surface area (Å²) in [5.74, 6) is -0.448. The van der Waals surface area contributed by atoms with E-state index in [1.54, 1.807) is 6.07 Å². The summed E-state index contributed by atoms with van der Waals surface area (Å²) in [5, 5.41) is 12.7. The Hall–Kier alpha value is -1.13. The average molecular weight is 197 g/mol. The zero-order valence-electron chi connectivity index (χ0n) is 7.66. The van der Waals surface area contributed by atoms with Crippen molar-refractivity contribution in [3.8, 4) is 5.75 Å². The molecule has 0 spiro atoms. The Bertz CT molecular complexity index is 324. The molecule has 76 valence electrons. The summed E-state index contributed by atoms with van der Waals surface area (Å²) in [6.07, 6.45) is 0. The van der Waals surface area contributed by atoms with Crippen LogP contribution in [0.5, 0.6) is 5.75 Å². The topological polar surface area (TPSA) is 41.5 Å². The quantitative estimate of drug-likeness (QED) is 0.710. The van der Waals surface area contributed by atoms with Gasteiger partial charge < -0.3 is 15.2 Å². The van der Waals surface area contributed by atoms with Crippen LogP contribution in [-0.4, -0.2) is 24.9 Å². The third-order valence-corrected chi connectivity index (χ3v) is 2.29. The molecule has 1 saturated heterocycles. The van der Waals surface area contributed by atoms with E-state index in [1.807, 2.05) is 0 Å². The minimum Gasteiger partial charge on any atom is -0.508 e. The standard InChI is InChI=1S/C10H12FNO2/c11-7-1-2-8(10(13)5-7)9-6-14-4-3-12-9/h1-2,5,9,12-13H,3-4,6H2. The van der Waals surface area contributed by atoms with Crippen molar-refractivity contribution in [1.82, 2.24) is 5.32 Å². The molecule has 1 aliphatic rings. The van der Waals surface area contributed by atoms with Crippen molar-refractivity contribution >= 4 is 0 Å². The van der Waals surface area contributed by atoms with E-state index < -0.39 is 5.82 Å². The minimum atomic E-state index is -0.428. The third-order valence-electron chi connectivity index (χ3n) is 2.29. The normalized spacial score (nSPS) is 22.2. The Morgan fingerprint density at radius 2 is 2.36 bits per heavy atom. The van der Waals surface area contributed by atoms with Crippen LogP contribution in [0, 0.1) is 5.82 Å². The van der Waals surface area contributed by atoms with Crippen LogP contribution in [-0.2, 0) is 4.74 Å². The predicted octanol–water partition coefficient (Wildman–Crippen LogP) is 1.19. The molecule has 0 amide bonds. The van der Waals surface area contributed by atoms with Crippen molar-refractivity contribution in [1.29, 1.82) is 0 Å². The summed E-state index contributed by atoms with van der Waals surface area (Å²) >= 11 is 0. The maximum atomic E-state index is 12.7. The first kappa shape index (κ1) is 9.43. The van der Waals surface area contributed by atoms with Gasteiger partial charge in [0, 0.05) is 18.2 Å². The van der Waals surface area contributed by atoms with Gasteiger partial charge in [-0.1, -0.05) is 6.07 Å². The molecule has 2 N–H and O–H groups in total. The Morgan fingerprint density at radius 1 is 1.50 bits per heavy atom. The minimum absolute atomic E-state index is 0.0204. The Balaban J connectivity index is 2.22. The van der Waals surface area contributed by atoms with Crippen molar-refractivity contribution in [3.05, 3.63) is 29.6 Å². The van der Waals surface area contributed by atoms with Gasteiger partial charge in [-0.3, -0.25) is 0 Å². The molecule has 0 aromatic heterocycles. The summed E-state index contributed by atoms with van der Waals surface area (Å²) < 4.78 is 18.0. The lowest BCUT2D eigenvalue weighted by molar-refractivity contribution is 0.0760. The van der Waals surface area contributed by atoms with Crippen LogP contribution in [0.1, 0.15) is 11.6 Å². The number of nitrogens with one attached hydrogen (secondary N) is 1. The number of halogens is 1. The fraction of sp³-hybridized carbons (Fsp3) is 0.400. The van der Waals surface area contributed by atoms with Gasteiger partial charge in [0.05, 0.1) is 19.3 Å². The van der Waals surface area contributed by atoms with E-state index in [4.69, 9.17) is 4.74 Å². The molecule has 3 nitrogen and oxygen atoms in total. The van der Waals surface area contributed by atoms with E-state index in [1.165, 1.54) is 6.07 Å². The predicted molar refractivity (Wildman–Crippen MR) is 49.6 cm³/mol. The van der Waals surface area contributed by atoms with Gasteiger partial charge in [0.25, 0.3) is 0 Å². The van der Waals surface area contributed by atoms with Crippen LogP contribution >= 0.6 is 0 Å². The number of rotatable bonds is 1. The van der Waals surface area contributed by atoms with E-state index in [0.29, 0.717) is 18.8 Å². The van der Waals surface area contributed by atoms with E-state index in [9.17, 15) is 9.50 Å². The molecular formula is C10H12FNO2. The lowest BCUT2D eigenvalue weighted by Gasteiger charge is -2.24. The second-order valence-electron chi connectivity index (χ2n) is 3.28. The molecule has 0 radical (unpaired) electrons. The van der Waals surface area contributed by atoms with Crippen molar-refractivity contribution < 1.29 is 14.2 Å². The third kappa shape index (κ3) is 1.86. The molecule has 4 heteroatoms. The second-order valence-corrected chi connectivity index (χ2v) is 3.28. The van der Waals surface area contributed by atoms with Crippen LogP contribution in [0.25, 0.3) is 0 Å². The fourth-order valence-electron chi connectivity index (χ4n) is 1.58. The SMILES string of the molecule is Oc1cc(F)ccc1C1COCCN1. The van der Waals surface area contributed by atoms with E-state index in [-0.39, 0.29) is 11.8 Å². The number of morpholine rings is 1. The van der Waals surface area contributed by atoms with Gasteiger partial charge in [0.2, 0.25) is 0 Å². The van der Waals surface area contributed by atoms with Crippen LogP contribution < -0.4 is 5.32 Å². The second kappa shape index (κ2) is 3.94. The molecular weight excluding hydrogens is 185 g/mol. The number of phenolic OH excluding ortho intramolecular Hbond substituents is 1.